The molecule has 4 rings (SSSR count). The van der Waals surface area contributed by atoms with Crippen molar-refractivity contribution in [2.45, 2.75) is 0 Å². The van der Waals surface area contributed by atoms with E-state index in [0.29, 0.717) is 35.3 Å². The van der Waals surface area contributed by atoms with Gasteiger partial charge in [-0.1, -0.05) is 18.2 Å². The number of halogens is 1. The van der Waals surface area contributed by atoms with Crippen LogP contribution >= 0.6 is 22.6 Å². The van der Waals surface area contributed by atoms with Gasteiger partial charge in [0.15, 0.2) is 11.5 Å². The third kappa shape index (κ3) is 6.29. The van der Waals surface area contributed by atoms with Crippen molar-refractivity contribution in [3.63, 3.8) is 0 Å². The zero-order valence-electron chi connectivity index (χ0n) is 21.2. The van der Waals surface area contributed by atoms with E-state index in [4.69, 9.17) is 9.47 Å². The lowest BCUT2D eigenvalue weighted by atomic mass is 10.1. The molecule has 0 saturated carbocycles. The summed E-state index contributed by atoms with van der Waals surface area (Å²) in [6.45, 7) is 2.21. The number of anilines is 1. The molecule has 0 aliphatic carbocycles. The molecule has 3 aromatic rings. The Balaban J connectivity index is 1.55. The van der Waals surface area contributed by atoms with Crippen LogP contribution in [0.2, 0.25) is 0 Å². The summed E-state index contributed by atoms with van der Waals surface area (Å²) in [6.07, 6.45) is 1.45. The number of nitro benzene ring substituents is 2. The number of nitrogens with zero attached hydrogens (tertiary/aromatic N) is 5. The van der Waals surface area contributed by atoms with Crippen molar-refractivity contribution in [3.8, 4) is 23.3 Å². The van der Waals surface area contributed by atoms with Crippen molar-refractivity contribution in [1.29, 1.82) is 5.26 Å². The highest BCUT2D eigenvalue weighted by molar-refractivity contribution is 14.1. The smallest absolute Gasteiger partial charge is 0.318 e. The number of methoxy groups -OCH3 is 1. The number of amides is 1. The van der Waals surface area contributed by atoms with Crippen LogP contribution in [0.1, 0.15) is 5.56 Å². The molecule has 0 radical (unpaired) electrons. The number of nitriles is 1. The SMILES string of the molecule is COc1cc(/C=C(\C#N)C(=O)N2CCN(c3ccccc3)CC2)cc(I)c1Oc1ccc([N+](=O)[O-])cc1[N+](=O)[O-]. The van der Waals surface area contributed by atoms with Crippen LogP contribution in [-0.4, -0.2) is 53.9 Å². The quantitative estimate of drug-likeness (QED) is 0.105. The Morgan fingerprint density at radius 3 is 2.30 bits per heavy atom. The molecule has 1 heterocycles. The van der Waals surface area contributed by atoms with Gasteiger partial charge >= 0.3 is 5.69 Å². The molecule has 0 aromatic heterocycles. The minimum absolute atomic E-state index is 0.0503. The maximum absolute atomic E-state index is 13.1. The molecule has 1 amide bonds. The number of carbonyl (C=O) groups excluding carboxylic acids is 1. The maximum atomic E-state index is 13.1. The van der Waals surface area contributed by atoms with E-state index in [-0.39, 0.29) is 28.7 Å². The average molecular weight is 655 g/mol. The summed E-state index contributed by atoms with van der Waals surface area (Å²) in [5, 5.41) is 32.3. The number of para-hydroxylation sites is 1. The summed E-state index contributed by atoms with van der Waals surface area (Å²) < 4.78 is 11.7. The van der Waals surface area contributed by atoms with Crippen molar-refractivity contribution in [2.75, 3.05) is 38.2 Å². The first-order chi connectivity index (χ1) is 19.2. The Labute approximate surface area is 242 Å². The highest BCUT2D eigenvalue weighted by Gasteiger charge is 2.25. The first kappa shape index (κ1) is 28.3. The van der Waals surface area contributed by atoms with Gasteiger partial charge in [0, 0.05) is 37.9 Å². The number of carbonyl (C=O) groups is 1. The zero-order valence-corrected chi connectivity index (χ0v) is 23.3. The standard InChI is InChI=1S/C27H22IN5O7/c1-39-25-15-18(14-22(28)26(25)40-24-8-7-21(32(35)36)16-23(24)33(37)38)13-19(17-29)27(34)31-11-9-30(10-12-31)20-5-3-2-4-6-20/h2-8,13-16H,9-12H2,1H3/b19-13+. The normalized spacial score (nSPS) is 13.4. The van der Waals surface area contributed by atoms with Gasteiger partial charge in [-0.15, -0.1) is 0 Å². The predicted octanol–water partition coefficient (Wildman–Crippen LogP) is 5.16. The summed E-state index contributed by atoms with van der Waals surface area (Å²) in [7, 11) is 1.37. The lowest BCUT2D eigenvalue weighted by Crippen LogP contribution is -2.49. The van der Waals surface area contributed by atoms with Crippen molar-refractivity contribution in [1.82, 2.24) is 4.90 Å². The van der Waals surface area contributed by atoms with Gasteiger partial charge in [0.2, 0.25) is 5.75 Å². The van der Waals surface area contributed by atoms with E-state index in [1.165, 1.54) is 19.3 Å². The summed E-state index contributed by atoms with van der Waals surface area (Å²) >= 11 is 1.94. The molecule has 0 N–H and O–H groups in total. The van der Waals surface area contributed by atoms with Crippen molar-refractivity contribution in [3.05, 3.63) is 95.6 Å². The molecule has 13 heteroatoms. The minimum atomic E-state index is -0.775. The Hall–Kier alpha value is -4.71. The van der Waals surface area contributed by atoms with Crippen molar-refractivity contribution >= 4 is 51.6 Å². The van der Waals surface area contributed by atoms with Crippen LogP contribution in [0.15, 0.2) is 66.2 Å². The fourth-order valence-corrected chi connectivity index (χ4v) is 4.90. The molecule has 0 atom stereocenters. The Morgan fingerprint density at radius 1 is 1.00 bits per heavy atom. The van der Waals surface area contributed by atoms with E-state index in [0.717, 1.165) is 23.9 Å². The molecule has 0 bridgehead atoms. The van der Waals surface area contributed by atoms with Gasteiger partial charge in [-0.25, -0.2) is 0 Å². The van der Waals surface area contributed by atoms with Crippen LogP contribution in [0.3, 0.4) is 0 Å². The molecule has 12 nitrogen and oxygen atoms in total. The lowest BCUT2D eigenvalue weighted by Gasteiger charge is -2.36. The number of non-ortho nitro benzene ring substituents is 1. The monoisotopic (exact) mass is 655 g/mol. The van der Waals surface area contributed by atoms with Crippen LogP contribution in [0.25, 0.3) is 6.08 Å². The highest BCUT2D eigenvalue weighted by atomic mass is 127. The van der Waals surface area contributed by atoms with Gasteiger partial charge in [0.25, 0.3) is 11.6 Å². The molecule has 0 unspecified atom stereocenters. The van der Waals surface area contributed by atoms with E-state index >= 15 is 0 Å². The average Bonchev–Trinajstić information content (AvgIpc) is 2.97. The van der Waals surface area contributed by atoms with Crippen LogP contribution in [0, 0.1) is 35.1 Å². The van der Waals surface area contributed by atoms with E-state index < -0.39 is 21.2 Å². The summed E-state index contributed by atoms with van der Waals surface area (Å²) in [4.78, 5) is 38.0. The fourth-order valence-electron chi connectivity index (χ4n) is 4.17. The number of nitro groups is 2. The highest BCUT2D eigenvalue weighted by Crippen LogP contribution is 2.41. The number of hydrogen-bond acceptors (Lipinski definition) is 9. The minimum Gasteiger partial charge on any atom is -0.493 e. The third-order valence-electron chi connectivity index (χ3n) is 6.16. The second-order valence-electron chi connectivity index (χ2n) is 8.59. The van der Waals surface area contributed by atoms with E-state index in [9.17, 15) is 30.3 Å². The molecular weight excluding hydrogens is 633 g/mol. The van der Waals surface area contributed by atoms with E-state index in [1.54, 1.807) is 11.0 Å². The predicted molar refractivity (Wildman–Crippen MR) is 154 cm³/mol. The molecule has 40 heavy (non-hydrogen) atoms. The number of hydrogen-bond donors (Lipinski definition) is 0. The first-order valence-corrected chi connectivity index (χ1v) is 13.0. The van der Waals surface area contributed by atoms with E-state index in [2.05, 4.69) is 4.90 Å². The van der Waals surface area contributed by atoms with Gasteiger partial charge in [-0.05, 0) is 64.6 Å². The molecule has 1 fully saturated rings. The molecule has 1 aliphatic rings. The topological polar surface area (TPSA) is 152 Å². The molecule has 1 saturated heterocycles. The van der Waals surface area contributed by atoms with Crippen LogP contribution < -0.4 is 14.4 Å². The number of benzene rings is 3. The zero-order chi connectivity index (χ0) is 28.8. The van der Waals surface area contributed by atoms with Gasteiger partial charge in [-0.2, -0.15) is 5.26 Å². The molecule has 1 aliphatic heterocycles. The number of rotatable bonds is 8. The van der Waals surface area contributed by atoms with E-state index in [1.807, 2.05) is 59.0 Å². The van der Waals surface area contributed by atoms with Crippen molar-refractivity contribution < 1.29 is 24.1 Å². The van der Waals surface area contributed by atoms with Gasteiger partial charge in [-0.3, -0.25) is 25.0 Å². The largest absolute Gasteiger partial charge is 0.493 e. The maximum Gasteiger partial charge on any atom is 0.318 e. The molecule has 204 valence electrons. The summed E-state index contributed by atoms with van der Waals surface area (Å²) in [6, 6.07) is 18.1. The Bertz CT molecular complexity index is 1530. The number of piperazine rings is 1. The molecular formula is C27H22IN5O7. The fraction of sp³-hybridized carbons (Fsp3) is 0.185. The lowest BCUT2D eigenvalue weighted by molar-refractivity contribution is -0.394. The second-order valence-corrected chi connectivity index (χ2v) is 9.75. The van der Waals surface area contributed by atoms with Gasteiger partial charge < -0.3 is 19.3 Å². The van der Waals surface area contributed by atoms with Gasteiger partial charge in [0.05, 0.1) is 26.6 Å². The van der Waals surface area contributed by atoms with Crippen molar-refractivity contribution in [2.24, 2.45) is 0 Å². The van der Waals surface area contributed by atoms with Crippen LogP contribution in [-0.2, 0) is 4.79 Å². The molecule has 3 aromatic carbocycles. The second kappa shape index (κ2) is 12.4. The first-order valence-electron chi connectivity index (χ1n) is 11.9. The Kier molecular flexibility index (Phi) is 8.80. The summed E-state index contributed by atoms with van der Waals surface area (Å²) in [5.41, 5.74) is 0.483. The third-order valence-corrected chi connectivity index (χ3v) is 6.97. The van der Waals surface area contributed by atoms with Crippen LogP contribution in [0.4, 0.5) is 17.1 Å². The summed E-state index contributed by atoms with van der Waals surface area (Å²) in [5.74, 6) is -0.269. The Morgan fingerprint density at radius 2 is 1.70 bits per heavy atom. The van der Waals surface area contributed by atoms with Gasteiger partial charge in [0.1, 0.15) is 11.6 Å². The number of ether oxygens (including phenoxy) is 2. The molecule has 0 spiro atoms. The van der Waals surface area contributed by atoms with Crippen LogP contribution in [0.5, 0.6) is 17.2 Å².